The summed E-state index contributed by atoms with van der Waals surface area (Å²) in [6.45, 7) is 13.7. The first-order chi connectivity index (χ1) is 15.9. The van der Waals surface area contributed by atoms with Crippen molar-refractivity contribution in [3.8, 4) is 0 Å². The van der Waals surface area contributed by atoms with Crippen molar-refractivity contribution in [2.75, 3.05) is 0 Å². The number of esters is 2. The van der Waals surface area contributed by atoms with Crippen molar-refractivity contribution in [3.05, 3.63) is 12.2 Å². The minimum absolute atomic E-state index is 0.0107. The van der Waals surface area contributed by atoms with E-state index in [9.17, 15) is 9.59 Å². The molecule has 0 aromatic heterocycles. The van der Waals surface area contributed by atoms with Gasteiger partial charge in [-0.1, -0.05) is 54.4 Å². The summed E-state index contributed by atoms with van der Waals surface area (Å²) in [6, 6.07) is 0. The maximum absolute atomic E-state index is 12.5. The number of hydrogen-bond donors (Lipinski definition) is 0. The molecule has 2 saturated carbocycles. The Hall–Kier alpha value is -1.40. The molecule has 4 rings (SSSR count). The third kappa shape index (κ3) is 5.09. The minimum Gasteiger partial charge on any atom is -0.435 e. The number of rotatable bonds is 7. The van der Waals surface area contributed by atoms with Gasteiger partial charge in [0.15, 0.2) is 0 Å². The van der Waals surface area contributed by atoms with E-state index >= 15 is 0 Å². The number of carbonyl (C=O) groups excluding carboxylic acids is 2. The van der Waals surface area contributed by atoms with Crippen LogP contribution < -0.4 is 0 Å². The molecule has 0 radical (unpaired) electrons. The molecule has 0 spiro atoms. The molecule has 4 aliphatic rings. The first-order valence-electron chi connectivity index (χ1n) is 13.4. The maximum Gasteiger partial charge on any atom is 0.333 e. The predicted molar refractivity (Wildman–Crippen MR) is 129 cm³/mol. The quantitative estimate of drug-likeness (QED) is 0.424. The van der Waals surface area contributed by atoms with E-state index in [1.807, 2.05) is 0 Å². The van der Waals surface area contributed by atoms with E-state index in [2.05, 4.69) is 41.5 Å². The van der Waals surface area contributed by atoms with Gasteiger partial charge in [0.25, 0.3) is 0 Å². The average Bonchev–Trinajstić information content (AvgIpc) is 3.31. The summed E-state index contributed by atoms with van der Waals surface area (Å²) in [4.78, 5) is 24.8. The van der Waals surface area contributed by atoms with Gasteiger partial charge in [-0.15, -0.1) is 0 Å². The summed E-state index contributed by atoms with van der Waals surface area (Å²) in [5.41, 5.74) is 0.385. The second-order valence-electron chi connectivity index (χ2n) is 12.5. The van der Waals surface area contributed by atoms with Crippen molar-refractivity contribution in [2.45, 2.75) is 124 Å². The Bertz CT molecular complexity index is 805. The molecule has 0 amide bonds. The van der Waals surface area contributed by atoms with Crippen molar-refractivity contribution in [1.29, 1.82) is 0 Å². The number of cyclic esters (lactones) is 2. The number of hydrogen-bond acceptors (Lipinski definition) is 6. The lowest BCUT2D eigenvalue weighted by Gasteiger charge is -2.45. The summed E-state index contributed by atoms with van der Waals surface area (Å²) >= 11 is 0. The summed E-state index contributed by atoms with van der Waals surface area (Å²) in [6.07, 6.45) is 10.6. The fourth-order valence-corrected chi connectivity index (χ4v) is 6.38. The fraction of sp³-hybridized carbons (Fsp3) is 0.857. The largest absolute Gasteiger partial charge is 0.435 e. The monoisotopic (exact) mass is 476 g/mol. The molecular formula is C28H44O6. The molecule has 0 N–H and O–H groups in total. The highest BCUT2D eigenvalue weighted by molar-refractivity contribution is 5.85. The Morgan fingerprint density at radius 2 is 1.53 bits per heavy atom. The van der Waals surface area contributed by atoms with Crippen LogP contribution in [0.15, 0.2) is 12.2 Å². The van der Waals surface area contributed by atoms with Gasteiger partial charge >= 0.3 is 11.9 Å². The lowest BCUT2D eigenvalue weighted by Crippen LogP contribution is -2.50. The van der Waals surface area contributed by atoms with Gasteiger partial charge < -0.3 is 18.9 Å². The van der Waals surface area contributed by atoms with E-state index < -0.39 is 24.0 Å². The van der Waals surface area contributed by atoms with Crippen LogP contribution in [0.3, 0.4) is 0 Å². The van der Waals surface area contributed by atoms with Gasteiger partial charge in [0.05, 0.1) is 18.6 Å². The van der Waals surface area contributed by atoms with Crippen LogP contribution in [0, 0.1) is 28.6 Å². The second kappa shape index (κ2) is 9.57. The SMILES string of the molecule is CC(C)C1(C)CCCC(O[C@@H]2OC(=O)C[C@H]2[C@]2(OC3CCCC(C)(C(C)C)C3)C=CC(=O)O2)C1. The van der Waals surface area contributed by atoms with Gasteiger partial charge in [-0.3, -0.25) is 4.79 Å². The van der Waals surface area contributed by atoms with Gasteiger partial charge in [-0.05, 0) is 67.3 Å². The van der Waals surface area contributed by atoms with Crippen molar-refractivity contribution < 1.29 is 28.5 Å². The van der Waals surface area contributed by atoms with Crippen LogP contribution in [0.2, 0.25) is 0 Å². The molecule has 0 aromatic rings. The highest BCUT2D eigenvalue weighted by Gasteiger charge is 2.57. The minimum atomic E-state index is -1.32. The first-order valence-corrected chi connectivity index (χ1v) is 13.4. The summed E-state index contributed by atoms with van der Waals surface area (Å²) in [5, 5.41) is 0. The van der Waals surface area contributed by atoms with E-state index in [0.717, 1.165) is 38.5 Å². The molecule has 1 saturated heterocycles. The van der Waals surface area contributed by atoms with Crippen LogP contribution in [0.4, 0.5) is 0 Å². The fourth-order valence-electron chi connectivity index (χ4n) is 6.38. The van der Waals surface area contributed by atoms with Crippen LogP contribution >= 0.6 is 0 Å². The molecule has 7 atom stereocenters. The first kappa shape index (κ1) is 25.7. The van der Waals surface area contributed by atoms with Crippen LogP contribution in [-0.4, -0.2) is 36.2 Å². The zero-order valence-corrected chi connectivity index (χ0v) is 21.9. The summed E-state index contributed by atoms with van der Waals surface area (Å²) < 4.78 is 24.6. The Labute approximate surface area is 205 Å². The van der Waals surface area contributed by atoms with E-state index in [-0.39, 0.29) is 35.4 Å². The molecule has 3 fully saturated rings. The van der Waals surface area contributed by atoms with E-state index in [1.165, 1.54) is 18.9 Å². The smallest absolute Gasteiger partial charge is 0.333 e. The molecular weight excluding hydrogens is 432 g/mol. The lowest BCUT2D eigenvalue weighted by atomic mass is 9.67. The molecule has 2 aliphatic heterocycles. The highest BCUT2D eigenvalue weighted by Crippen LogP contribution is 2.48. The Morgan fingerprint density at radius 1 is 0.941 bits per heavy atom. The van der Waals surface area contributed by atoms with Gasteiger partial charge in [-0.25, -0.2) is 4.79 Å². The molecule has 2 aliphatic carbocycles. The predicted octanol–water partition coefficient (Wildman–Crippen LogP) is 5.93. The Morgan fingerprint density at radius 3 is 2.09 bits per heavy atom. The zero-order valence-electron chi connectivity index (χ0n) is 21.9. The van der Waals surface area contributed by atoms with Gasteiger partial charge in [0, 0.05) is 6.08 Å². The molecule has 4 unspecified atom stereocenters. The Kier molecular flexibility index (Phi) is 7.23. The van der Waals surface area contributed by atoms with Crippen LogP contribution in [0.5, 0.6) is 0 Å². The lowest BCUT2D eigenvalue weighted by molar-refractivity contribution is -0.280. The summed E-state index contributed by atoms with van der Waals surface area (Å²) in [7, 11) is 0. The maximum atomic E-state index is 12.5. The van der Waals surface area contributed by atoms with E-state index in [0.29, 0.717) is 11.8 Å². The van der Waals surface area contributed by atoms with Crippen molar-refractivity contribution in [1.82, 2.24) is 0 Å². The normalized spacial score (nSPS) is 42.9. The van der Waals surface area contributed by atoms with Crippen LogP contribution in [-0.2, 0) is 28.5 Å². The van der Waals surface area contributed by atoms with Crippen molar-refractivity contribution in [2.24, 2.45) is 28.6 Å². The van der Waals surface area contributed by atoms with Crippen molar-refractivity contribution >= 4 is 11.9 Å². The van der Waals surface area contributed by atoms with Crippen molar-refractivity contribution in [3.63, 3.8) is 0 Å². The third-order valence-electron chi connectivity index (χ3n) is 9.59. The van der Waals surface area contributed by atoms with Gasteiger partial charge in [0.2, 0.25) is 12.1 Å². The molecule has 0 aromatic carbocycles. The Balaban J connectivity index is 1.52. The molecule has 192 valence electrons. The number of ether oxygens (including phenoxy) is 4. The topological polar surface area (TPSA) is 71.1 Å². The van der Waals surface area contributed by atoms with Crippen LogP contribution in [0.25, 0.3) is 0 Å². The second-order valence-corrected chi connectivity index (χ2v) is 12.5. The highest BCUT2D eigenvalue weighted by atomic mass is 16.7. The molecule has 34 heavy (non-hydrogen) atoms. The average molecular weight is 477 g/mol. The van der Waals surface area contributed by atoms with E-state index in [4.69, 9.17) is 18.9 Å². The number of carbonyl (C=O) groups is 2. The van der Waals surface area contributed by atoms with Crippen LogP contribution in [0.1, 0.15) is 99.3 Å². The molecule has 0 bridgehead atoms. The summed E-state index contributed by atoms with van der Waals surface area (Å²) in [5.74, 6) is -1.51. The molecule has 6 heteroatoms. The standard InChI is InChI=1S/C28H44O6/c1-18(2)26(5)12-7-9-20(16-26)31-25-22(15-24(30)32-25)28(14-11-23(29)34-28)33-21-10-8-13-27(6,17-21)19(3)4/h11,14,18-22,25H,7-10,12-13,15-17H2,1-6H3/t20?,21?,22-,25-,26?,27?,28+/m1/s1. The van der Waals surface area contributed by atoms with Gasteiger partial charge in [0.1, 0.15) is 5.92 Å². The van der Waals surface area contributed by atoms with E-state index in [1.54, 1.807) is 6.08 Å². The zero-order chi connectivity index (χ0) is 24.7. The van der Waals surface area contributed by atoms with Gasteiger partial charge in [-0.2, -0.15) is 0 Å². The third-order valence-corrected chi connectivity index (χ3v) is 9.59. The molecule has 6 nitrogen and oxygen atoms in total. The molecule has 2 heterocycles.